The molecular weight excluding hydrogens is 813 g/mol. The number of guanidine groups is 1. The molecular formula is C43H56N12O8. The normalized spacial score (nSPS) is 24.2. The van der Waals surface area contributed by atoms with Crippen molar-refractivity contribution in [2.45, 2.75) is 113 Å². The van der Waals surface area contributed by atoms with Crippen molar-refractivity contribution in [3.05, 3.63) is 71.9 Å². The van der Waals surface area contributed by atoms with E-state index in [9.17, 15) is 38.4 Å². The second kappa shape index (κ2) is 20.7. The van der Waals surface area contributed by atoms with Gasteiger partial charge in [0.2, 0.25) is 35.4 Å². The Balaban J connectivity index is 1.36. The number of hydrogen-bond donors (Lipinski definition) is 10. The molecule has 2 aromatic carbocycles. The summed E-state index contributed by atoms with van der Waals surface area (Å²) in [5.74, 6) is -5.22. The highest BCUT2D eigenvalue weighted by molar-refractivity contribution is 6.10. The minimum atomic E-state index is -1.66. The van der Waals surface area contributed by atoms with Crippen molar-refractivity contribution in [2.75, 3.05) is 13.1 Å². The first-order valence-electron chi connectivity index (χ1n) is 21.3. The number of carbonyl (C=O) groups excluding carboxylic acids is 8. The largest absolute Gasteiger partial charge is 0.370 e. The number of H-pyrrole nitrogens is 1. The van der Waals surface area contributed by atoms with Crippen LogP contribution in [0.2, 0.25) is 0 Å². The third-order valence-corrected chi connectivity index (χ3v) is 11.8. The predicted molar refractivity (Wildman–Crippen MR) is 231 cm³/mol. The summed E-state index contributed by atoms with van der Waals surface area (Å²) < 4.78 is 0. The number of aromatic amines is 1. The molecule has 2 bridgehead atoms. The van der Waals surface area contributed by atoms with Crippen LogP contribution in [0, 0.1) is 0 Å². The fourth-order valence-corrected chi connectivity index (χ4v) is 8.50. The van der Waals surface area contributed by atoms with Crippen molar-refractivity contribution >= 4 is 64.2 Å². The molecule has 3 aromatic rings. The third kappa shape index (κ3) is 11.3. The molecule has 63 heavy (non-hydrogen) atoms. The quantitative estimate of drug-likeness (QED) is 0.0561. The second-order valence-electron chi connectivity index (χ2n) is 16.3. The van der Waals surface area contributed by atoms with Gasteiger partial charge in [-0.15, -0.1) is 0 Å². The molecule has 1 spiro atoms. The summed E-state index contributed by atoms with van der Waals surface area (Å²) in [5, 5.41) is 17.2. The van der Waals surface area contributed by atoms with Gasteiger partial charge in [0.15, 0.2) is 5.96 Å². The van der Waals surface area contributed by atoms with E-state index in [4.69, 9.17) is 17.2 Å². The number of benzene rings is 2. The smallest absolute Gasteiger partial charge is 0.325 e. The van der Waals surface area contributed by atoms with E-state index in [1.54, 1.807) is 36.5 Å². The van der Waals surface area contributed by atoms with Crippen molar-refractivity contribution in [3.8, 4) is 0 Å². The van der Waals surface area contributed by atoms with E-state index in [0.29, 0.717) is 36.8 Å². The average Bonchev–Trinajstić information content (AvgIpc) is 3.98. The summed E-state index contributed by atoms with van der Waals surface area (Å²) in [4.78, 5) is 119. The van der Waals surface area contributed by atoms with E-state index in [1.165, 1.54) is 0 Å². The molecule has 20 heteroatoms. The molecule has 3 aliphatic rings. The number of para-hydroxylation sites is 1. The van der Waals surface area contributed by atoms with Gasteiger partial charge in [-0.05, 0) is 62.1 Å². The molecule has 3 heterocycles. The molecule has 336 valence electrons. The van der Waals surface area contributed by atoms with Gasteiger partial charge in [0.05, 0.1) is 6.42 Å². The van der Waals surface area contributed by atoms with E-state index in [-0.39, 0.29) is 70.4 Å². The number of hydrogen-bond acceptors (Lipinski definition) is 9. The molecule has 1 aliphatic carbocycles. The Morgan fingerprint density at radius 2 is 1.41 bits per heavy atom. The van der Waals surface area contributed by atoms with Crippen LogP contribution in [0.4, 0.5) is 4.79 Å². The first-order valence-corrected chi connectivity index (χ1v) is 21.3. The molecule has 20 nitrogen and oxygen atoms in total. The van der Waals surface area contributed by atoms with Crippen LogP contribution >= 0.6 is 0 Å². The molecule has 13 N–H and O–H groups in total. The van der Waals surface area contributed by atoms with Crippen molar-refractivity contribution in [2.24, 2.45) is 22.2 Å². The van der Waals surface area contributed by atoms with E-state index in [2.05, 4.69) is 41.9 Å². The van der Waals surface area contributed by atoms with Crippen molar-refractivity contribution in [3.63, 3.8) is 0 Å². The number of urea groups is 1. The Morgan fingerprint density at radius 1 is 0.746 bits per heavy atom. The summed E-state index contributed by atoms with van der Waals surface area (Å²) in [5.41, 5.74) is 17.3. The van der Waals surface area contributed by atoms with Gasteiger partial charge in [0.25, 0.3) is 5.91 Å². The minimum Gasteiger partial charge on any atom is -0.370 e. The number of nitrogens with two attached hydrogens (primary N) is 3. The summed E-state index contributed by atoms with van der Waals surface area (Å²) in [6, 6.07) is 9.12. The van der Waals surface area contributed by atoms with Crippen molar-refractivity contribution in [1.82, 2.24) is 41.8 Å². The van der Waals surface area contributed by atoms with Crippen molar-refractivity contribution in [1.29, 1.82) is 0 Å². The second-order valence-corrected chi connectivity index (χ2v) is 16.3. The number of nitrogens with zero attached hydrogens (tertiary/aromatic N) is 2. The van der Waals surface area contributed by atoms with Crippen LogP contribution in [-0.4, -0.2) is 112 Å². The van der Waals surface area contributed by atoms with Crippen LogP contribution in [0.1, 0.15) is 75.3 Å². The number of primary amides is 1. The highest BCUT2D eigenvalue weighted by atomic mass is 16.2. The van der Waals surface area contributed by atoms with Gasteiger partial charge in [-0.25, -0.2) is 9.69 Å². The highest BCUT2D eigenvalue weighted by Gasteiger charge is 2.56. The number of nitrogens with one attached hydrogen (secondary N) is 7. The maximum atomic E-state index is 14.6. The lowest BCUT2D eigenvalue weighted by Gasteiger charge is -2.36. The predicted octanol–water partition coefficient (Wildman–Crippen LogP) is -0.645. The molecule has 2 saturated heterocycles. The molecule has 9 amide bonds. The van der Waals surface area contributed by atoms with Crippen LogP contribution in [0.25, 0.3) is 10.9 Å². The molecule has 1 aromatic heterocycles. The van der Waals surface area contributed by atoms with Gasteiger partial charge >= 0.3 is 6.03 Å². The van der Waals surface area contributed by atoms with Gasteiger partial charge in [-0.2, -0.15) is 0 Å². The lowest BCUT2D eigenvalue weighted by molar-refractivity contribution is -0.144. The van der Waals surface area contributed by atoms with E-state index < -0.39 is 83.1 Å². The van der Waals surface area contributed by atoms with Crippen LogP contribution < -0.4 is 49.1 Å². The molecule has 1 saturated carbocycles. The van der Waals surface area contributed by atoms with E-state index >= 15 is 0 Å². The summed E-state index contributed by atoms with van der Waals surface area (Å²) in [7, 11) is 0. The Hall–Kier alpha value is -6.99. The zero-order valence-corrected chi connectivity index (χ0v) is 35.0. The first-order chi connectivity index (χ1) is 30.2. The number of imide groups is 1. The van der Waals surface area contributed by atoms with Crippen LogP contribution in [0.3, 0.4) is 0 Å². The minimum absolute atomic E-state index is 0.00771. The van der Waals surface area contributed by atoms with Gasteiger partial charge in [0, 0.05) is 43.0 Å². The molecule has 2 aliphatic heterocycles. The highest BCUT2D eigenvalue weighted by Crippen LogP contribution is 2.38. The number of rotatable bonds is 9. The fraction of sp³-hybridized carbons (Fsp3) is 0.465. The Kier molecular flexibility index (Phi) is 15.0. The summed E-state index contributed by atoms with van der Waals surface area (Å²) in [6.45, 7) is 0.249. The topological polar surface area (TPSA) is 318 Å². The van der Waals surface area contributed by atoms with Gasteiger partial charge in [0.1, 0.15) is 35.7 Å². The number of aromatic nitrogens is 1. The molecule has 6 rings (SSSR count). The van der Waals surface area contributed by atoms with Gasteiger partial charge in [-0.3, -0.25) is 38.6 Å². The Bertz CT molecular complexity index is 2220. The van der Waals surface area contributed by atoms with Gasteiger partial charge in [-0.1, -0.05) is 61.4 Å². The number of aliphatic imine (C=N–C) groups is 1. The summed E-state index contributed by atoms with van der Waals surface area (Å²) >= 11 is 0. The standard InChI is InChI=1S/C43H56N12O8/c44-35(57)29-15-6-9-19-47-34(56)23-33-39(61)55(42(63)54-33)43(17-7-8-18-43)40(62)53-31(21-25-11-2-1-3-12-25)37(59)51-30(16-10-20-48-41(45)46)36(58)52-32(38(60)50-29)22-26-24-49-28-14-5-4-13-27(26)28/h1-5,11-14,24,29-33,49H,6-10,15-23H2,(H2,44,57)(H,47,56)(H,50,60)(H,51,59)(H,52,58)(H,53,62)(H,54,63)(H4,45,46,48)/t29-,30-,31-,32+,33+/m1/s1. The zero-order valence-electron chi connectivity index (χ0n) is 35.0. The Morgan fingerprint density at radius 3 is 2.14 bits per heavy atom. The molecule has 5 atom stereocenters. The van der Waals surface area contributed by atoms with Crippen molar-refractivity contribution < 1.29 is 38.4 Å². The number of amides is 9. The SMILES string of the molecule is NC(=O)[C@H]1CCCCNC(=O)C[C@@H]2NC(=O)N(C2=O)C2(CCCC2)C(=O)N[C@H](Cc2ccccc2)C(=O)N[C@H](CCCN=C(N)N)C(=O)N[C@@H](Cc2c[nH]c3ccccc23)C(=O)N1. The Labute approximate surface area is 363 Å². The maximum absolute atomic E-state index is 14.6. The molecule has 0 unspecified atom stereocenters. The first kappa shape index (κ1) is 45.5. The maximum Gasteiger partial charge on any atom is 0.325 e. The number of carbonyl (C=O) groups is 8. The lowest BCUT2D eigenvalue weighted by atomic mass is 9.92. The lowest BCUT2D eigenvalue weighted by Crippen LogP contribution is -2.63. The number of fused-ring (bicyclic) bond motifs is 4. The van der Waals surface area contributed by atoms with Gasteiger partial charge < -0.3 is 54.1 Å². The zero-order chi connectivity index (χ0) is 45.1. The molecule has 3 fully saturated rings. The average molecular weight is 869 g/mol. The third-order valence-electron chi connectivity index (χ3n) is 11.8. The molecule has 0 radical (unpaired) electrons. The van der Waals surface area contributed by atoms with Crippen LogP contribution in [0.15, 0.2) is 65.8 Å². The summed E-state index contributed by atoms with van der Waals surface area (Å²) in [6.07, 6.45) is 3.54. The monoisotopic (exact) mass is 868 g/mol. The fourth-order valence-electron chi connectivity index (χ4n) is 8.50. The van der Waals surface area contributed by atoms with E-state index in [1.807, 2.05) is 24.3 Å². The van der Waals surface area contributed by atoms with E-state index in [0.717, 1.165) is 15.8 Å². The van der Waals surface area contributed by atoms with Crippen LogP contribution in [-0.2, 0) is 46.4 Å². The van der Waals surface area contributed by atoms with Crippen LogP contribution in [0.5, 0.6) is 0 Å².